The van der Waals surface area contributed by atoms with Gasteiger partial charge in [0.15, 0.2) is 0 Å². The third-order valence-corrected chi connectivity index (χ3v) is 6.14. The molecule has 5 nitrogen and oxygen atoms in total. The molecule has 114 valence electrons. The van der Waals surface area contributed by atoms with E-state index in [-0.39, 0.29) is 21.8 Å². The highest BCUT2D eigenvalue weighted by Gasteiger charge is 2.22. The predicted octanol–water partition coefficient (Wildman–Crippen LogP) is 2.33. The van der Waals surface area contributed by atoms with Crippen molar-refractivity contribution in [2.45, 2.75) is 43.0 Å². The SMILES string of the molecule is CCC(C)C(C)NS(=O)(=O)c1cccc(S(=O)(=O)Cl)c1. The topological polar surface area (TPSA) is 80.3 Å². The second-order valence-electron chi connectivity index (χ2n) is 4.71. The van der Waals surface area contributed by atoms with Crippen LogP contribution in [0.3, 0.4) is 0 Å². The molecular formula is C12H18ClNO4S2. The number of benzene rings is 1. The summed E-state index contributed by atoms with van der Waals surface area (Å²) in [6.45, 7) is 5.68. The maximum atomic E-state index is 12.2. The van der Waals surface area contributed by atoms with Crippen LogP contribution < -0.4 is 4.72 Å². The van der Waals surface area contributed by atoms with Crippen molar-refractivity contribution in [2.75, 3.05) is 0 Å². The fourth-order valence-electron chi connectivity index (χ4n) is 1.58. The highest BCUT2D eigenvalue weighted by atomic mass is 35.7. The molecule has 0 aliphatic carbocycles. The zero-order valence-electron chi connectivity index (χ0n) is 11.5. The number of sulfonamides is 1. The van der Waals surface area contributed by atoms with E-state index >= 15 is 0 Å². The minimum atomic E-state index is -3.96. The van der Waals surface area contributed by atoms with E-state index in [4.69, 9.17) is 10.7 Å². The molecule has 0 radical (unpaired) electrons. The molecular weight excluding hydrogens is 322 g/mol. The second kappa shape index (κ2) is 6.43. The molecule has 0 saturated heterocycles. The van der Waals surface area contributed by atoms with Crippen molar-refractivity contribution in [3.05, 3.63) is 24.3 Å². The molecule has 1 rings (SSSR count). The molecule has 0 aromatic heterocycles. The Kier molecular flexibility index (Phi) is 5.60. The van der Waals surface area contributed by atoms with Gasteiger partial charge in [-0.2, -0.15) is 0 Å². The lowest BCUT2D eigenvalue weighted by Crippen LogP contribution is -2.36. The van der Waals surface area contributed by atoms with E-state index in [1.807, 2.05) is 13.8 Å². The largest absolute Gasteiger partial charge is 0.261 e. The van der Waals surface area contributed by atoms with E-state index < -0.39 is 19.1 Å². The van der Waals surface area contributed by atoms with Gasteiger partial charge in [0.2, 0.25) is 10.0 Å². The van der Waals surface area contributed by atoms with Crippen LogP contribution in [0.2, 0.25) is 0 Å². The normalized spacial score (nSPS) is 15.8. The highest BCUT2D eigenvalue weighted by molar-refractivity contribution is 8.13. The van der Waals surface area contributed by atoms with Gasteiger partial charge < -0.3 is 0 Å². The van der Waals surface area contributed by atoms with Crippen LogP contribution in [0.15, 0.2) is 34.1 Å². The molecule has 0 saturated carbocycles. The molecule has 1 aromatic rings. The molecule has 0 heterocycles. The molecule has 0 spiro atoms. The molecule has 0 bridgehead atoms. The minimum absolute atomic E-state index is 0.116. The van der Waals surface area contributed by atoms with Crippen LogP contribution in [0.25, 0.3) is 0 Å². The predicted molar refractivity (Wildman–Crippen MR) is 78.7 cm³/mol. The molecule has 0 fully saturated rings. The summed E-state index contributed by atoms with van der Waals surface area (Å²) in [6.07, 6.45) is 0.833. The lowest BCUT2D eigenvalue weighted by atomic mass is 10.0. The Bertz CT molecular complexity index is 670. The Morgan fingerprint density at radius 2 is 1.70 bits per heavy atom. The molecule has 8 heteroatoms. The molecule has 2 atom stereocenters. The minimum Gasteiger partial charge on any atom is -0.208 e. The summed E-state index contributed by atoms with van der Waals surface area (Å²) in [5.41, 5.74) is 0. The second-order valence-corrected chi connectivity index (χ2v) is 8.99. The van der Waals surface area contributed by atoms with Crippen LogP contribution in [0.5, 0.6) is 0 Å². The van der Waals surface area contributed by atoms with Crippen molar-refractivity contribution < 1.29 is 16.8 Å². The van der Waals surface area contributed by atoms with E-state index in [0.717, 1.165) is 12.5 Å². The van der Waals surface area contributed by atoms with Crippen LogP contribution in [0.4, 0.5) is 0 Å². The molecule has 0 aliphatic heterocycles. The van der Waals surface area contributed by atoms with Crippen molar-refractivity contribution in [3.8, 4) is 0 Å². The Hall–Kier alpha value is -0.630. The molecule has 0 aliphatic rings. The molecule has 2 unspecified atom stereocenters. The van der Waals surface area contributed by atoms with Crippen LogP contribution in [0, 0.1) is 5.92 Å². The van der Waals surface area contributed by atoms with Crippen LogP contribution in [0.1, 0.15) is 27.2 Å². The number of hydrogen-bond donors (Lipinski definition) is 1. The zero-order chi connectivity index (χ0) is 15.6. The van der Waals surface area contributed by atoms with Gasteiger partial charge in [0, 0.05) is 16.7 Å². The van der Waals surface area contributed by atoms with E-state index in [0.29, 0.717) is 0 Å². The third kappa shape index (κ3) is 4.44. The van der Waals surface area contributed by atoms with Gasteiger partial charge in [-0.15, -0.1) is 0 Å². The van der Waals surface area contributed by atoms with Gasteiger partial charge in [0.25, 0.3) is 9.05 Å². The van der Waals surface area contributed by atoms with Gasteiger partial charge in [0.1, 0.15) is 0 Å². The average Bonchev–Trinajstić information content (AvgIpc) is 2.36. The van der Waals surface area contributed by atoms with Crippen LogP contribution >= 0.6 is 10.7 Å². The highest BCUT2D eigenvalue weighted by Crippen LogP contribution is 2.20. The summed E-state index contributed by atoms with van der Waals surface area (Å²) < 4.78 is 49.4. The first-order valence-electron chi connectivity index (χ1n) is 6.15. The van der Waals surface area contributed by atoms with Crippen molar-refractivity contribution >= 4 is 29.8 Å². The van der Waals surface area contributed by atoms with Gasteiger partial charge in [-0.05, 0) is 31.0 Å². The van der Waals surface area contributed by atoms with E-state index in [1.165, 1.54) is 18.2 Å². The Balaban J connectivity index is 3.11. The Morgan fingerprint density at radius 1 is 1.15 bits per heavy atom. The molecule has 1 aromatic carbocycles. The number of nitrogens with one attached hydrogen (secondary N) is 1. The molecule has 20 heavy (non-hydrogen) atoms. The molecule has 0 amide bonds. The zero-order valence-corrected chi connectivity index (χ0v) is 13.9. The number of halogens is 1. The summed E-state index contributed by atoms with van der Waals surface area (Å²) in [5.74, 6) is 0.171. The number of rotatable bonds is 6. The van der Waals surface area contributed by atoms with Gasteiger partial charge in [-0.1, -0.05) is 26.3 Å². The Labute approximate surface area is 124 Å². The summed E-state index contributed by atoms with van der Waals surface area (Å²) in [5, 5.41) is 0. The summed E-state index contributed by atoms with van der Waals surface area (Å²) in [6, 6.07) is 4.73. The van der Waals surface area contributed by atoms with Crippen molar-refractivity contribution in [2.24, 2.45) is 5.92 Å². The average molecular weight is 340 g/mol. The van der Waals surface area contributed by atoms with Crippen LogP contribution in [-0.4, -0.2) is 22.9 Å². The first kappa shape index (κ1) is 17.4. The lowest BCUT2D eigenvalue weighted by molar-refractivity contribution is 0.434. The fraction of sp³-hybridized carbons (Fsp3) is 0.500. The van der Waals surface area contributed by atoms with E-state index in [2.05, 4.69) is 4.72 Å². The summed E-state index contributed by atoms with van der Waals surface area (Å²) in [4.78, 5) is -0.354. The number of hydrogen-bond acceptors (Lipinski definition) is 4. The maximum Gasteiger partial charge on any atom is 0.261 e. The smallest absolute Gasteiger partial charge is 0.208 e. The maximum absolute atomic E-state index is 12.2. The molecule has 1 N–H and O–H groups in total. The standard InChI is InChI=1S/C12H18ClNO4S2/c1-4-9(2)10(3)14-20(17,18)12-7-5-6-11(8-12)19(13,15)16/h5-10,14H,4H2,1-3H3. The Morgan fingerprint density at radius 3 is 2.20 bits per heavy atom. The van der Waals surface area contributed by atoms with Crippen molar-refractivity contribution in [1.29, 1.82) is 0 Å². The first-order valence-corrected chi connectivity index (χ1v) is 9.94. The van der Waals surface area contributed by atoms with Gasteiger partial charge >= 0.3 is 0 Å². The van der Waals surface area contributed by atoms with Gasteiger partial charge in [-0.25, -0.2) is 21.6 Å². The van der Waals surface area contributed by atoms with E-state index in [9.17, 15) is 16.8 Å². The van der Waals surface area contributed by atoms with Gasteiger partial charge in [0.05, 0.1) is 9.79 Å². The van der Waals surface area contributed by atoms with E-state index in [1.54, 1.807) is 6.92 Å². The van der Waals surface area contributed by atoms with Crippen LogP contribution in [-0.2, 0) is 19.1 Å². The van der Waals surface area contributed by atoms with Crippen molar-refractivity contribution in [3.63, 3.8) is 0 Å². The quantitative estimate of drug-likeness (QED) is 0.806. The monoisotopic (exact) mass is 339 g/mol. The summed E-state index contributed by atoms with van der Waals surface area (Å²) in [7, 11) is -2.51. The first-order chi connectivity index (χ1) is 9.08. The van der Waals surface area contributed by atoms with Gasteiger partial charge in [-0.3, -0.25) is 0 Å². The lowest BCUT2D eigenvalue weighted by Gasteiger charge is -2.19. The fourth-order valence-corrected chi connectivity index (χ4v) is 3.84. The summed E-state index contributed by atoms with van der Waals surface area (Å²) >= 11 is 0. The third-order valence-electron chi connectivity index (χ3n) is 3.24. The van der Waals surface area contributed by atoms with Crippen molar-refractivity contribution in [1.82, 2.24) is 4.72 Å².